The molecule has 1 aliphatic rings. The minimum atomic E-state index is 0.289. The van der Waals surface area contributed by atoms with E-state index in [4.69, 9.17) is 21.1 Å². The average molecular weight is 589 g/mol. The molecule has 1 saturated heterocycles. The van der Waals surface area contributed by atoms with Gasteiger partial charge in [0.15, 0.2) is 0 Å². The number of piperidine rings is 1. The molecule has 0 bridgehead atoms. The number of aromatic nitrogens is 2. The number of halogens is 1. The molecule has 0 saturated carbocycles. The van der Waals surface area contributed by atoms with E-state index in [-0.39, 0.29) is 6.61 Å². The van der Waals surface area contributed by atoms with Crippen LogP contribution in [0.3, 0.4) is 0 Å². The number of ether oxygens (including phenoxy) is 2. The number of benzene rings is 3. The molecule has 6 nitrogen and oxygen atoms in total. The van der Waals surface area contributed by atoms with Crippen LogP contribution in [-0.2, 0) is 19.8 Å². The van der Waals surface area contributed by atoms with E-state index < -0.39 is 0 Å². The van der Waals surface area contributed by atoms with E-state index in [0.29, 0.717) is 22.9 Å². The van der Waals surface area contributed by atoms with Crippen molar-refractivity contribution in [1.29, 1.82) is 5.26 Å². The minimum absolute atomic E-state index is 0.289. The van der Waals surface area contributed by atoms with E-state index in [9.17, 15) is 5.26 Å². The number of hydrogen-bond donors (Lipinski definition) is 0. The lowest BCUT2D eigenvalue weighted by molar-refractivity contribution is 0.214. The SMILES string of the molecule is Cc1c(COc2cc(OCc3cncc(C#N)c3)c(CN3CCCCC3)cc2Cl)cccc1-c1cnc2ccccc2c1. The molecule has 3 heterocycles. The lowest BCUT2D eigenvalue weighted by Gasteiger charge is -2.27. The zero-order valence-corrected chi connectivity index (χ0v) is 25.0. The molecule has 0 amide bonds. The van der Waals surface area contributed by atoms with Gasteiger partial charge in [-0.3, -0.25) is 14.9 Å². The summed E-state index contributed by atoms with van der Waals surface area (Å²) in [4.78, 5) is 11.3. The highest BCUT2D eigenvalue weighted by atomic mass is 35.5. The molecule has 0 aliphatic carbocycles. The van der Waals surface area contributed by atoms with E-state index in [1.54, 1.807) is 18.5 Å². The number of pyridine rings is 2. The van der Waals surface area contributed by atoms with Crippen LogP contribution in [0.1, 0.15) is 47.1 Å². The number of fused-ring (bicyclic) bond motifs is 1. The second kappa shape index (κ2) is 13.2. The Balaban J connectivity index is 1.24. The van der Waals surface area contributed by atoms with Crippen molar-refractivity contribution in [2.24, 2.45) is 0 Å². The topological polar surface area (TPSA) is 71.3 Å². The highest BCUT2D eigenvalue weighted by Gasteiger charge is 2.18. The first-order chi connectivity index (χ1) is 21.1. The first kappa shape index (κ1) is 28.7. The number of likely N-dealkylation sites (tertiary alicyclic amines) is 1. The predicted molar refractivity (Wildman–Crippen MR) is 170 cm³/mol. The Hall–Kier alpha value is -4.44. The molecule has 43 heavy (non-hydrogen) atoms. The first-order valence-electron chi connectivity index (χ1n) is 14.7. The Morgan fingerprint density at radius 3 is 2.56 bits per heavy atom. The van der Waals surface area contributed by atoms with Crippen LogP contribution in [0.15, 0.2) is 85.3 Å². The fourth-order valence-corrected chi connectivity index (χ4v) is 5.86. The summed E-state index contributed by atoms with van der Waals surface area (Å²) in [5.74, 6) is 1.29. The third kappa shape index (κ3) is 6.80. The summed E-state index contributed by atoms with van der Waals surface area (Å²) in [6.45, 7) is 5.64. The molecule has 0 N–H and O–H groups in total. The summed E-state index contributed by atoms with van der Waals surface area (Å²) < 4.78 is 12.7. The number of hydrogen-bond acceptors (Lipinski definition) is 6. The smallest absolute Gasteiger partial charge is 0.142 e. The normalized spacial score (nSPS) is 13.5. The van der Waals surface area contributed by atoms with Gasteiger partial charge in [0.05, 0.1) is 16.1 Å². The van der Waals surface area contributed by atoms with Gasteiger partial charge in [-0.2, -0.15) is 5.26 Å². The van der Waals surface area contributed by atoms with Gasteiger partial charge in [-0.05, 0) is 73.8 Å². The molecule has 0 radical (unpaired) electrons. The predicted octanol–water partition coefficient (Wildman–Crippen LogP) is 8.27. The third-order valence-corrected chi connectivity index (χ3v) is 8.30. The number of nitriles is 1. The van der Waals surface area contributed by atoms with Gasteiger partial charge in [0.1, 0.15) is 30.8 Å². The van der Waals surface area contributed by atoms with E-state index in [1.165, 1.54) is 19.3 Å². The first-order valence-corrected chi connectivity index (χ1v) is 15.0. The van der Waals surface area contributed by atoms with Gasteiger partial charge < -0.3 is 9.47 Å². The van der Waals surface area contributed by atoms with Gasteiger partial charge in [0.25, 0.3) is 0 Å². The quantitative estimate of drug-likeness (QED) is 0.172. The van der Waals surface area contributed by atoms with Crippen LogP contribution in [0, 0.1) is 18.3 Å². The third-order valence-electron chi connectivity index (χ3n) is 8.01. The van der Waals surface area contributed by atoms with E-state index in [2.05, 4.69) is 58.2 Å². The molecular weight excluding hydrogens is 556 g/mol. The van der Waals surface area contributed by atoms with E-state index in [1.807, 2.05) is 36.5 Å². The lowest BCUT2D eigenvalue weighted by atomic mass is 9.97. The van der Waals surface area contributed by atoms with Gasteiger partial charge >= 0.3 is 0 Å². The number of rotatable bonds is 9. The molecule has 0 atom stereocenters. The van der Waals surface area contributed by atoms with Crippen molar-refractivity contribution >= 4 is 22.5 Å². The maximum atomic E-state index is 9.27. The van der Waals surface area contributed by atoms with Crippen molar-refractivity contribution in [3.63, 3.8) is 0 Å². The van der Waals surface area contributed by atoms with Crippen molar-refractivity contribution in [2.45, 2.75) is 45.9 Å². The molecule has 7 heteroatoms. The van der Waals surface area contributed by atoms with Gasteiger partial charge in [-0.25, -0.2) is 0 Å². The second-order valence-corrected chi connectivity index (χ2v) is 11.4. The van der Waals surface area contributed by atoms with Crippen LogP contribution in [0.5, 0.6) is 11.5 Å². The molecule has 6 rings (SSSR count). The van der Waals surface area contributed by atoms with Crippen LogP contribution >= 0.6 is 11.6 Å². The van der Waals surface area contributed by atoms with Crippen LogP contribution in [0.2, 0.25) is 5.02 Å². The molecule has 0 unspecified atom stereocenters. The van der Waals surface area contributed by atoms with Gasteiger partial charge in [-0.15, -0.1) is 0 Å². The van der Waals surface area contributed by atoms with Crippen LogP contribution in [0.4, 0.5) is 0 Å². The summed E-state index contributed by atoms with van der Waals surface area (Å²) in [6, 6.07) is 24.4. The van der Waals surface area contributed by atoms with E-state index >= 15 is 0 Å². The molecule has 3 aromatic carbocycles. The highest BCUT2D eigenvalue weighted by Crippen LogP contribution is 2.36. The standard InChI is InChI=1S/C36H33ClN4O2/c1-25-29(9-7-10-32(25)30-15-28-8-3-4-11-34(28)40-21-30)24-43-36-17-35(42-23-27-14-26(18-38)19-39-20-27)31(16-33(36)37)22-41-12-5-2-6-13-41/h3-4,7-11,14-17,19-21H,2,5-6,12-13,22-24H2,1H3. The van der Waals surface area contributed by atoms with Gasteiger partial charge in [-0.1, -0.05) is 54.4 Å². The Morgan fingerprint density at radius 1 is 0.860 bits per heavy atom. The second-order valence-electron chi connectivity index (χ2n) is 11.0. The van der Waals surface area contributed by atoms with Crippen molar-refractivity contribution in [3.05, 3.63) is 118 Å². The van der Waals surface area contributed by atoms with Crippen molar-refractivity contribution in [2.75, 3.05) is 13.1 Å². The zero-order chi connectivity index (χ0) is 29.6. The Morgan fingerprint density at radius 2 is 1.70 bits per heavy atom. The molecule has 0 spiro atoms. The fourth-order valence-electron chi connectivity index (χ4n) is 5.62. The fraction of sp³-hybridized carbons (Fsp3) is 0.250. The Labute approximate surface area is 257 Å². The van der Waals surface area contributed by atoms with E-state index in [0.717, 1.165) is 69.7 Å². The maximum absolute atomic E-state index is 9.27. The lowest BCUT2D eigenvalue weighted by Crippen LogP contribution is -2.29. The highest BCUT2D eigenvalue weighted by molar-refractivity contribution is 6.32. The Bertz CT molecular complexity index is 1790. The maximum Gasteiger partial charge on any atom is 0.142 e. The monoisotopic (exact) mass is 588 g/mol. The summed E-state index contributed by atoms with van der Waals surface area (Å²) in [5.41, 5.74) is 7.74. The number of para-hydroxylation sites is 1. The molecule has 1 fully saturated rings. The molecular formula is C36H33ClN4O2. The zero-order valence-electron chi connectivity index (χ0n) is 24.2. The van der Waals surface area contributed by atoms with Gasteiger partial charge in [0, 0.05) is 53.3 Å². The van der Waals surface area contributed by atoms with Crippen LogP contribution in [0.25, 0.3) is 22.0 Å². The van der Waals surface area contributed by atoms with Crippen molar-refractivity contribution < 1.29 is 9.47 Å². The molecule has 2 aromatic heterocycles. The largest absolute Gasteiger partial charge is 0.488 e. The summed E-state index contributed by atoms with van der Waals surface area (Å²) in [5, 5.41) is 10.9. The van der Waals surface area contributed by atoms with Gasteiger partial charge in [0.2, 0.25) is 0 Å². The summed E-state index contributed by atoms with van der Waals surface area (Å²) in [7, 11) is 0. The number of nitrogens with zero attached hydrogens (tertiary/aromatic N) is 4. The summed E-state index contributed by atoms with van der Waals surface area (Å²) in [6.07, 6.45) is 8.87. The minimum Gasteiger partial charge on any atom is -0.488 e. The van der Waals surface area contributed by atoms with Crippen molar-refractivity contribution in [3.8, 4) is 28.7 Å². The van der Waals surface area contributed by atoms with Crippen LogP contribution in [-0.4, -0.2) is 28.0 Å². The average Bonchev–Trinajstić information content (AvgIpc) is 3.05. The van der Waals surface area contributed by atoms with Crippen LogP contribution < -0.4 is 9.47 Å². The molecule has 1 aliphatic heterocycles. The summed E-state index contributed by atoms with van der Waals surface area (Å²) >= 11 is 6.81. The molecule has 216 valence electrons. The Kier molecular flexibility index (Phi) is 8.83. The molecule has 5 aromatic rings. The van der Waals surface area contributed by atoms with Crippen molar-refractivity contribution in [1.82, 2.24) is 14.9 Å².